The van der Waals surface area contributed by atoms with Crippen LogP contribution in [0.1, 0.15) is 18.5 Å². The van der Waals surface area contributed by atoms with Crippen LogP contribution >= 0.6 is 0 Å². The fourth-order valence-electron chi connectivity index (χ4n) is 2.71. The second-order valence-corrected chi connectivity index (χ2v) is 6.23. The molecule has 0 spiro atoms. The number of aliphatic hydroxyl groups excluding tert-OH is 1. The van der Waals surface area contributed by atoms with Gasteiger partial charge in [0.25, 0.3) is 0 Å². The zero-order chi connectivity index (χ0) is 17.5. The molecule has 2 aromatic rings. The Morgan fingerprint density at radius 1 is 1.12 bits per heavy atom. The van der Waals surface area contributed by atoms with Crippen LogP contribution in [0, 0.1) is 0 Å². The molecule has 0 unspecified atom stereocenters. The van der Waals surface area contributed by atoms with E-state index in [1.807, 2.05) is 42.5 Å². The highest BCUT2D eigenvalue weighted by Crippen LogP contribution is 2.30. The van der Waals surface area contributed by atoms with E-state index in [-0.39, 0.29) is 18.8 Å². The summed E-state index contributed by atoms with van der Waals surface area (Å²) in [6.07, 6.45) is -0.721. The number of benzene rings is 2. The molecule has 0 radical (unpaired) electrons. The van der Waals surface area contributed by atoms with Crippen LogP contribution in [0.4, 0.5) is 0 Å². The highest BCUT2D eigenvalue weighted by molar-refractivity contribution is 5.40. The molecular weight excluding hydrogens is 318 g/mol. The second kappa shape index (κ2) is 8.85. The first-order valence-corrected chi connectivity index (χ1v) is 8.65. The molecule has 0 aromatic heterocycles. The van der Waals surface area contributed by atoms with Gasteiger partial charge in [-0.15, -0.1) is 0 Å². The van der Waals surface area contributed by atoms with Crippen LogP contribution in [-0.4, -0.2) is 43.7 Å². The SMILES string of the molecule is C[C@@H](NC[C@@H](O)COC[C@@H]1COc2ccccc2O1)c1ccccc1. The Balaban J connectivity index is 1.34. The molecule has 25 heavy (non-hydrogen) atoms. The van der Waals surface area contributed by atoms with Crippen LogP contribution in [0.2, 0.25) is 0 Å². The van der Waals surface area contributed by atoms with Crippen LogP contribution < -0.4 is 14.8 Å². The number of rotatable bonds is 8. The molecule has 2 N–H and O–H groups in total. The van der Waals surface area contributed by atoms with Crippen LogP contribution in [0.15, 0.2) is 54.6 Å². The van der Waals surface area contributed by atoms with Gasteiger partial charge in [-0.25, -0.2) is 0 Å². The van der Waals surface area contributed by atoms with Crippen molar-refractivity contribution in [2.75, 3.05) is 26.4 Å². The highest BCUT2D eigenvalue weighted by Gasteiger charge is 2.21. The van der Waals surface area contributed by atoms with Gasteiger partial charge in [0.1, 0.15) is 6.61 Å². The third kappa shape index (κ3) is 5.19. The Morgan fingerprint density at radius 2 is 1.84 bits per heavy atom. The maximum atomic E-state index is 10.1. The molecule has 0 fully saturated rings. The molecule has 0 aliphatic carbocycles. The number of para-hydroxylation sites is 2. The van der Waals surface area contributed by atoms with Crippen LogP contribution in [0.3, 0.4) is 0 Å². The van der Waals surface area contributed by atoms with Crippen molar-refractivity contribution < 1.29 is 19.3 Å². The monoisotopic (exact) mass is 343 g/mol. The van der Waals surface area contributed by atoms with Crippen molar-refractivity contribution in [2.45, 2.75) is 25.2 Å². The largest absolute Gasteiger partial charge is 0.486 e. The van der Waals surface area contributed by atoms with Crippen LogP contribution in [-0.2, 0) is 4.74 Å². The summed E-state index contributed by atoms with van der Waals surface area (Å²) in [7, 11) is 0. The third-order valence-electron chi connectivity index (χ3n) is 4.14. The average Bonchev–Trinajstić information content (AvgIpc) is 2.66. The Morgan fingerprint density at radius 3 is 2.64 bits per heavy atom. The van der Waals surface area contributed by atoms with Crippen molar-refractivity contribution in [3.8, 4) is 11.5 Å². The second-order valence-electron chi connectivity index (χ2n) is 6.23. The van der Waals surface area contributed by atoms with Crippen molar-refractivity contribution >= 4 is 0 Å². The molecule has 0 bridgehead atoms. The van der Waals surface area contributed by atoms with Crippen molar-refractivity contribution in [1.29, 1.82) is 0 Å². The van der Waals surface area contributed by atoms with Gasteiger partial charge >= 0.3 is 0 Å². The van der Waals surface area contributed by atoms with Gasteiger partial charge in [0, 0.05) is 12.6 Å². The first kappa shape index (κ1) is 17.7. The Labute approximate surface area is 148 Å². The summed E-state index contributed by atoms with van der Waals surface area (Å²) >= 11 is 0. The van der Waals surface area contributed by atoms with E-state index in [0.717, 1.165) is 11.5 Å². The maximum Gasteiger partial charge on any atom is 0.161 e. The summed E-state index contributed by atoms with van der Waals surface area (Å²) < 4.78 is 17.1. The molecule has 0 amide bonds. The van der Waals surface area contributed by atoms with Gasteiger partial charge in [-0.05, 0) is 24.6 Å². The molecule has 0 saturated heterocycles. The first-order chi connectivity index (χ1) is 12.2. The minimum atomic E-state index is -0.567. The molecule has 3 atom stereocenters. The van der Waals surface area contributed by atoms with E-state index in [2.05, 4.69) is 24.4 Å². The average molecular weight is 343 g/mol. The highest BCUT2D eigenvalue weighted by atomic mass is 16.6. The fourth-order valence-corrected chi connectivity index (χ4v) is 2.71. The molecule has 1 heterocycles. The van der Waals surface area contributed by atoms with Gasteiger partial charge in [-0.3, -0.25) is 0 Å². The molecular formula is C20H25NO4. The number of hydrogen-bond acceptors (Lipinski definition) is 5. The molecule has 5 nitrogen and oxygen atoms in total. The lowest BCUT2D eigenvalue weighted by atomic mass is 10.1. The van der Waals surface area contributed by atoms with Crippen LogP contribution in [0.25, 0.3) is 0 Å². The van der Waals surface area contributed by atoms with E-state index in [4.69, 9.17) is 14.2 Å². The lowest BCUT2D eigenvalue weighted by Gasteiger charge is -2.26. The molecule has 0 saturated carbocycles. The summed E-state index contributed by atoms with van der Waals surface area (Å²) in [5.74, 6) is 1.50. The summed E-state index contributed by atoms with van der Waals surface area (Å²) in [5.41, 5.74) is 1.20. The van der Waals surface area contributed by atoms with E-state index in [1.165, 1.54) is 5.56 Å². The quantitative estimate of drug-likeness (QED) is 0.771. The Bertz CT molecular complexity index is 649. The van der Waals surface area contributed by atoms with Crippen molar-refractivity contribution in [3.63, 3.8) is 0 Å². The third-order valence-corrected chi connectivity index (χ3v) is 4.14. The van der Waals surface area contributed by atoms with Gasteiger partial charge in [-0.1, -0.05) is 42.5 Å². The molecule has 3 rings (SSSR count). The van der Waals surface area contributed by atoms with Gasteiger partial charge in [0.15, 0.2) is 17.6 Å². The maximum absolute atomic E-state index is 10.1. The topological polar surface area (TPSA) is 60.0 Å². The zero-order valence-electron chi connectivity index (χ0n) is 14.4. The normalized spacial score (nSPS) is 18.6. The van der Waals surface area contributed by atoms with E-state index >= 15 is 0 Å². The molecule has 1 aliphatic rings. The van der Waals surface area contributed by atoms with Crippen molar-refractivity contribution in [3.05, 3.63) is 60.2 Å². The van der Waals surface area contributed by atoms with Gasteiger partial charge in [0.2, 0.25) is 0 Å². The van der Waals surface area contributed by atoms with E-state index < -0.39 is 6.10 Å². The van der Waals surface area contributed by atoms with Gasteiger partial charge in [-0.2, -0.15) is 0 Å². The number of aliphatic hydroxyl groups is 1. The van der Waals surface area contributed by atoms with Gasteiger partial charge < -0.3 is 24.6 Å². The Kier molecular flexibility index (Phi) is 6.28. The van der Waals surface area contributed by atoms with E-state index in [9.17, 15) is 5.11 Å². The lowest BCUT2D eigenvalue weighted by molar-refractivity contribution is -0.0215. The smallest absolute Gasteiger partial charge is 0.161 e. The molecule has 134 valence electrons. The Hall–Kier alpha value is -2.08. The number of ether oxygens (including phenoxy) is 3. The first-order valence-electron chi connectivity index (χ1n) is 8.65. The minimum absolute atomic E-state index is 0.154. The van der Waals surface area contributed by atoms with E-state index in [1.54, 1.807) is 0 Å². The van der Waals surface area contributed by atoms with E-state index in [0.29, 0.717) is 19.8 Å². The van der Waals surface area contributed by atoms with Crippen molar-refractivity contribution in [2.24, 2.45) is 0 Å². The summed E-state index contributed by atoms with van der Waals surface area (Å²) in [4.78, 5) is 0. The lowest BCUT2D eigenvalue weighted by Crippen LogP contribution is -2.36. The minimum Gasteiger partial charge on any atom is -0.486 e. The number of hydrogen-bond donors (Lipinski definition) is 2. The predicted molar refractivity (Wildman–Crippen MR) is 96.0 cm³/mol. The molecule has 2 aromatic carbocycles. The summed E-state index contributed by atoms with van der Waals surface area (Å²) in [6, 6.07) is 17.9. The van der Waals surface area contributed by atoms with Gasteiger partial charge in [0.05, 0.1) is 19.3 Å². The van der Waals surface area contributed by atoms with Crippen LogP contribution in [0.5, 0.6) is 11.5 Å². The summed E-state index contributed by atoms with van der Waals surface area (Å²) in [5, 5.41) is 13.4. The predicted octanol–water partition coefficient (Wildman–Crippen LogP) is 2.55. The van der Waals surface area contributed by atoms with Crippen molar-refractivity contribution in [1.82, 2.24) is 5.32 Å². The fraction of sp³-hybridized carbons (Fsp3) is 0.400. The standard InChI is InChI=1S/C20H25NO4/c1-15(16-7-3-2-4-8-16)21-11-17(22)12-23-13-18-14-24-19-9-5-6-10-20(19)25-18/h2-10,15,17-18,21-22H,11-14H2,1H3/t15-,17-,18-/m1/s1. The molecule has 5 heteroatoms. The molecule has 1 aliphatic heterocycles. The summed E-state index contributed by atoms with van der Waals surface area (Å²) in [6.45, 7) is 3.65. The number of fused-ring (bicyclic) bond motifs is 1. The number of nitrogens with one attached hydrogen (secondary N) is 1. The zero-order valence-corrected chi connectivity index (χ0v) is 14.4.